The zero-order valence-corrected chi connectivity index (χ0v) is 12.1. The second-order valence-electron chi connectivity index (χ2n) is 3.77. The maximum atomic E-state index is 11.5. The summed E-state index contributed by atoms with van der Waals surface area (Å²) in [5.41, 5.74) is 0.604. The van der Waals surface area contributed by atoms with Crippen LogP contribution in [0.25, 0.3) is 0 Å². The number of halogens is 1. The normalized spacial score (nSPS) is 10.1. The van der Waals surface area contributed by atoms with Crippen LogP contribution in [0.2, 0.25) is 0 Å². The highest BCUT2D eigenvalue weighted by molar-refractivity contribution is 9.10. The number of thioether (sulfide) groups is 1. The number of nitrogens with zero attached hydrogens (tertiary/aromatic N) is 1. The summed E-state index contributed by atoms with van der Waals surface area (Å²) in [5.74, 6) is 0.393. The van der Waals surface area contributed by atoms with Gasteiger partial charge in [0, 0.05) is 15.4 Å². The fourth-order valence-corrected chi connectivity index (χ4v) is 2.65. The van der Waals surface area contributed by atoms with Crippen molar-refractivity contribution in [2.24, 2.45) is 0 Å². The van der Waals surface area contributed by atoms with Gasteiger partial charge < -0.3 is 5.32 Å². The molecule has 5 heteroatoms. The van der Waals surface area contributed by atoms with Crippen LogP contribution in [0.5, 0.6) is 0 Å². The third-order valence-corrected chi connectivity index (χ3v) is 3.86. The largest absolute Gasteiger partial charge is 0.353 e. The average Bonchev–Trinajstić information content (AvgIpc) is 2.26. The fourth-order valence-electron chi connectivity index (χ4n) is 1.19. The van der Waals surface area contributed by atoms with E-state index in [2.05, 4.69) is 27.3 Å². The third kappa shape index (κ3) is 4.80. The van der Waals surface area contributed by atoms with Gasteiger partial charge in [0.05, 0.1) is 17.4 Å². The predicted molar refractivity (Wildman–Crippen MR) is 72.9 cm³/mol. The van der Waals surface area contributed by atoms with Gasteiger partial charge in [-0.25, -0.2) is 0 Å². The first-order valence-corrected chi connectivity index (χ1v) is 6.92. The summed E-state index contributed by atoms with van der Waals surface area (Å²) >= 11 is 4.83. The predicted octanol–water partition coefficient (Wildman–Crippen LogP) is 2.94. The van der Waals surface area contributed by atoms with E-state index in [1.165, 1.54) is 11.8 Å². The van der Waals surface area contributed by atoms with E-state index in [4.69, 9.17) is 5.26 Å². The van der Waals surface area contributed by atoms with E-state index < -0.39 is 0 Å². The Labute approximate surface area is 114 Å². The molecule has 1 rings (SSSR count). The summed E-state index contributed by atoms with van der Waals surface area (Å²) < 4.78 is 0.846. The Morgan fingerprint density at radius 2 is 2.29 bits per heavy atom. The van der Waals surface area contributed by atoms with Crippen molar-refractivity contribution in [2.45, 2.75) is 24.8 Å². The van der Waals surface area contributed by atoms with Crippen molar-refractivity contribution in [2.75, 3.05) is 5.75 Å². The summed E-state index contributed by atoms with van der Waals surface area (Å²) in [6.45, 7) is 3.86. The van der Waals surface area contributed by atoms with Crippen molar-refractivity contribution in [3.05, 3.63) is 28.2 Å². The molecule has 0 aliphatic rings. The molecule has 0 fully saturated rings. The van der Waals surface area contributed by atoms with E-state index in [1.807, 2.05) is 19.9 Å². The van der Waals surface area contributed by atoms with Crippen LogP contribution < -0.4 is 5.32 Å². The van der Waals surface area contributed by atoms with Gasteiger partial charge in [-0.15, -0.1) is 11.8 Å². The van der Waals surface area contributed by atoms with E-state index in [9.17, 15) is 4.79 Å². The molecule has 1 aromatic rings. The number of benzene rings is 1. The topological polar surface area (TPSA) is 52.9 Å². The molecule has 0 aliphatic heterocycles. The Morgan fingerprint density at radius 1 is 1.59 bits per heavy atom. The summed E-state index contributed by atoms with van der Waals surface area (Å²) in [4.78, 5) is 12.4. The summed E-state index contributed by atoms with van der Waals surface area (Å²) in [6, 6.07) is 7.57. The Balaban J connectivity index is 2.58. The lowest BCUT2D eigenvalue weighted by atomic mass is 10.2. The molecular weight excluding hydrogens is 300 g/mol. The third-order valence-electron chi connectivity index (χ3n) is 1.87. The monoisotopic (exact) mass is 312 g/mol. The van der Waals surface area contributed by atoms with Crippen LogP contribution >= 0.6 is 27.7 Å². The fraction of sp³-hybridized carbons (Fsp3) is 0.333. The first-order chi connectivity index (χ1) is 8.02. The van der Waals surface area contributed by atoms with Crippen LogP contribution in [0.15, 0.2) is 27.6 Å². The Kier molecular flexibility index (Phi) is 5.52. The molecule has 90 valence electrons. The highest BCUT2D eigenvalue weighted by Crippen LogP contribution is 2.28. The van der Waals surface area contributed by atoms with Crippen LogP contribution in [0.3, 0.4) is 0 Å². The number of carbonyl (C=O) groups excluding carboxylic acids is 1. The minimum atomic E-state index is 0.0151. The molecular formula is C12H13BrN2OS. The van der Waals surface area contributed by atoms with Crippen molar-refractivity contribution in [3.8, 4) is 6.07 Å². The molecule has 0 spiro atoms. The molecule has 17 heavy (non-hydrogen) atoms. The second-order valence-corrected chi connectivity index (χ2v) is 5.64. The lowest BCUT2D eigenvalue weighted by molar-refractivity contribution is -0.119. The second kappa shape index (κ2) is 6.67. The Morgan fingerprint density at radius 3 is 2.82 bits per heavy atom. The lowest BCUT2D eigenvalue weighted by Crippen LogP contribution is -2.31. The van der Waals surface area contributed by atoms with Gasteiger partial charge in [-0.1, -0.05) is 0 Å². The van der Waals surface area contributed by atoms with Crippen LogP contribution in [-0.4, -0.2) is 17.7 Å². The number of hydrogen-bond acceptors (Lipinski definition) is 3. The summed E-state index contributed by atoms with van der Waals surface area (Å²) in [7, 11) is 0. The molecule has 1 aromatic carbocycles. The molecule has 0 saturated carbocycles. The quantitative estimate of drug-likeness (QED) is 0.870. The van der Waals surface area contributed by atoms with Crippen molar-refractivity contribution in [3.63, 3.8) is 0 Å². The summed E-state index contributed by atoms with van der Waals surface area (Å²) in [5, 5.41) is 11.6. The number of carbonyl (C=O) groups is 1. The van der Waals surface area contributed by atoms with E-state index >= 15 is 0 Å². The highest BCUT2D eigenvalue weighted by atomic mass is 79.9. The molecule has 0 radical (unpaired) electrons. The average molecular weight is 313 g/mol. The maximum Gasteiger partial charge on any atom is 0.230 e. The van der Waals surface area contributed by atoms with Crippen molar-refractivity contribution in [1.82, 2.24) is 5.32 Å². The van der Waals surface area contributed by atoms with E-state index in [0.29, 0.717) is 11.3 Å². The maximum absolute atomic E-state index is 11.5. The smallest absolute Gasteiger partial charge is 0.230 e. The van der Waals surface area contributed by atoms with Gasteiger partial charge in [-0.2, -0.15) is 5.26 Å². The first kappa shape index (κ1) is 14.1. The minimum Gasteiger partial charge on any atom is -0.353 e. The van der Waals surface area contributed by atoms with Gasteiger partial charge in [-0.05, 0) is 48.0 Å². The Hall–Kier alpha value is -0.990. The molecule has 1 N–H and O–H groups in total. The molecule has 3 nitrogen and oxygen atoms in total. The SMILES string of the molecule is CC(C)NC(=O)CSc1ccc(C#N)cc1Br. The Bertz CT molecular complexity index is 454. The molecule has 0 unspecified atom stereocenters. The number of nitriles is 1. The van der Waals surface area contributed by atoms with Crippen LogP contribution in [-0.2, 0) is 4.79 Å². The van der Waals surface area contributed by atoms with Gasteiger partial charge in [0.15, 0.2) is 0 Å². The van der Waals surface area contributed by atoms with E-state index in [0.717, 1.165) is 9.37 Å². The van der Waals surface area contributed by atoms with Crippen LogP contribution in [0.1, 0.15) is 19.4 Å². The van der Waals surface area contributed by atoms with Crippen molar-refractivity contribution < 1.29 is 4.79 Å². The number of nitrogens with one attached hydrogen (secondary N) is 1. The lowest BCUT2D eigenvalue weighted by Gasteiger charge is -2.08. The summed E-state index contributed by atoms with van der Waals surface area (Å²) in [6.07, 6.45) is 0. The van der Waals surface area contributed by atoms with E-state index in [1.54, 1.807) is 12.1 Å². The number of rotatable bonds is 4. The van der Waals surface area contributed by atoms with Crippen molar-refractivity contribution in [1.29, 1.82) is 5.26 Å². The van der Waals surface area contributed by atoms with Gasteiger partial charge in [0.2, 0.25) is 5.91 Å². The number of amides is 1. The first-order valence-electron chi connectivity index (χ1n) is 5.14. The molecule has 0 aromatic heterocycles. The van der Waals surface area contributed by atoms with Gasteiger partial charge >= 0.3 is 0 Å². The standard InChI is InChI=1S/C12H13BrN2OS/c1-8(2)15-12(16)7-17-11-4-3-9(6-14)5-10(11)13/h3-5,8H,7H2,1-2H3,(H,15,16). The molecule has 0 bridgehead atoms. The molecule has 1 amide bonds. The molecule has 0 saturated heterocycles. The van der Waals surface area contributed by atoms with Crippen LogP contribution in [0, 0.1) is 11.3 Å². The zero-order chi connectivity index (χ0) is 12.8. The van der Waals surface area contributed by atoms with Gasteiger partial charge in [-0.3, -0.25) is 4.79 Å². The van der Waals surface area contributed by atoms with Gasteiger partial charge in [0.1, 0.15) is 0 Å². The highest BCUT2D eigenvalue weighted by Gasteiger charge is 2.07. The number of hydrogen-bond donors (Lipinski definition) is 1. The van der Waals surface area contributed by atoms with Gasteiger partial charge in [0.25, 0.3) is 0 Å². The minimum absolute atomic E-state index is 0.0151. The molecule has 0 heterocycles. The zero-order valence-electron chi connectivity index (χ0n) is 9.66. The van der Waals surface area contributed by atoms with Crippen LogP contribution in [0.4, 0.5) is 0 Å². The molecule has 0 atom stereocenters. The molecule has 0 aliphatic carbocycles. The van der Waals surface area contributed by atoms with Crippen molar-refractivity contribution >= 4 is 33.6 Å². The van der Waals surface area contributed by atoms with E-state index in [-0.39, 0.29) is 11.9 Å².